The van der Waals surface area contributed by atoms with E-state index in [4.69, 9.17) is 0 Å². The Labute approximate surface area is 75.6 Å². The van der Waals surface area contributed by atoms with Crippen molar-refractivity contribution >= 4 is 11.0 Å². The van der Waals surface area contributed by atoms with E-state index in [0.717, 1.165) is 12.3 Å². The fourth-order valence-electron chi connectivity index (χ4n) is 1.15. The van der Waals surface area contributed by atoms with Gasteiger partial charge in [-0.15, -0.1) is 0 Å². The lowest BCUT2D eigenvalue weighted by Crippen LogP contribution is -2.04. The predicted molar refractivity (Wildman–Crippen MR) is 42.4 cm³/mol. The third kappa shape index (κ3) is 1.09. The molecule has 0 N–H and O–H groups in total. The van der Waals surface area contributed by atoms with Crippen LogP contribution >= 0.6 is 0 Å². The third-order valence-corrected chi connectivity index (χ3v) is 1.79. The molecule has 1 aromatic heterocycles. The molecule has 0 fully saturated rings. The van der Waals surface area contributed by atoms with Gasteiger partial charge in [-0.2, -0.15) is 0 Å². The van der Waals surface area contributed by atoms with Crippen LogP contribution in [0.4, 0.5) is 13.2 Å². The Kier molecular flexibility index (Phi) is 1.80. The molecule has 2 nitrogen and oxygen atoms in total. The molecule has 0 amide bonds. The van der Waals surface area contributed by atoms with Gasteiger partial charge in [0.25, 0.3) is 0 Å². The molecule has 0 spiro atoms. The van der Waals surface area contributed by atoms with Crippen molar-refractivity contribution in [3.8, 4) is 0 Å². The second-order valence-electron chi connectivity index (χ2n) is 2.64. The van der Waals surface area contributed by atoms with Crippen LogP contribution in [0.5, 0.6) is 0 Å². The van der Waals surface area contributed by atoms with Gasteiger partial charge in [0.05, 0.1) is 6.26 Å². The van der Waals surface area contributed by atoms with Crippen molar-refractivity contribution in [3.63, 3.8) is 0 Å². The van der Waals surface area contributed by atoms with Crippen LogP contribution in [-0.2, 0) is 0 Å². The summed E-state index contributed by atoms with van der Waals surface area (Å²) in [5.74, 6) is -4.57. The van der Waals surface area contributed by atoms with Crippen LogP contribution in [0.15, 0.2) is 27.6 Å². The van der Waals surface area contributed by atoms with Crippen molar-refractivity contribution in [3.05, 3.63) is 46.1 Å². The maximum absolute atomic E-state index is 13.0. The Morgan fingerprint density at radius 3 is 2.57 bits per heavy atom. The molecule has 0 bridgehead atoms. The van der Waals surface area contributed by atoms with E-state index >= 15 is 0 Å². The maximum atomic E-state index is 13.0. The topological polar surface area (TPSA) is 30.2 Å². The molecule has 0 radical (unpaired) electrons. The summed E-state index contributed by atoms with van der Waals surface area (Å²) in [6, 6.07) is 1.57. The van der Waals surface area contributed by atoms with E-state index in [1.165, 1.54) is 0 Å². The smallest absolute Gasteiger partial charge is 0.195 e. The number of benzene rings is 1. The van der Waals surface area contributed by atoms with E-state index in [2.05, 4.69) is 4.42 Å². The minimum Gasteiger partial charge on any atom is -0.464 e. The van der Waals surface area contributed by atoms with Crippen LogP contribution in [-0.4, -0.2) is 0 Å². The summed E-state index contributed by atoms with van der Waals surface area (Å²) in [7, 11) is 0. The molecule has 1 heterocycles. The second-order valence-corrected chi connectivity index (χ2v) is 2.64. The monoisotopic (exact) mass is 200 g/mol. The molecule has 2 aromatic rings. The van der Waals surface area contributed by atoms with E-state index in [1.807, 2.05) is 0 Å². The molecule has 5 heteroatoms. The number of rotatable bonds is 0. The van der Waals surface area contributed by atoms with E-state index in [9.17, 15) is 18.0 Å². The summed E-state index contributed by atoms with van der Waals surface area (Å²) in [6.07, 6.45) is 0.988. The van der Waals surface area contributed by atoms with Crippen molar-refractivity contribution in [2.75, 3.05) is 0 Å². The van der Waals surface area contributed by atoms with Crippen molar-refractivity contribution in [2.45, 2.75) is 0 Å². The highest BCUT2D eigenvalue weighted by Gasteiger charge is 2.16. The fraction of sp³-hybridized carbons (Fsp3) is 0. The average molecular weight is 200 g/mol. The summed E-state index contributed by atoms with van der Waals surface area (Å²) < 4.78 is 43.1. The molecule has 0 aliphatic rings. The molecule has 0 saturated heterocycles. The molecule has 14 heavy (non-hydrogen) atoms. The van der Waals surface area contributed by atoms with Crippen molar-refractivity contribution in [2.24, 2.45) is 0 Å². The molecular formula is C9H3F3O2. The normalized spacial score (nSPS) is 10.8. The zero-order valence-electron chi connectivity index (χ0n) is 6.68. The minimum absolute atomic E-state index is 0.311. The van der Waals surface area contributed by atoms with E-state index < -0.39 is 28.3 Å². The number of fused-ring (bicyclic) bond motifs is 1. The van der Waals surface area contributed by atoms with E-state index in [1.54, 1.807) is 0 Å². The van der Waals surface area contributed by atoms with E-state index in [-0.39, 0.29) is 5.58 Å². The van der Waals surface area contributed by atoms with Crippen LogP contribution < -0.4 is 5.43 Å². The average Bonchev–Trinajstić information content (AvgIpc) is 2.14. The molecule has 72 valence electrons. The lowest BCUT2D eigenvalue weighted by molar-refractivity contribution is 0.449. The SMILES string of the molecule is O=c1ccoc2cc(F)c(F)c(F)c12. The quantitative estimate of drug-likeness (QED) is 0.610. The molecule has 2 rings (SSSR count). The van der Waals surface area contributed by atoms with E-state index in [0.29, 0.717) is 6.07 Å². The van der Waals surface area contributed by atoms with Crippen LogP contribution in [0.2, 0.25) is 0 Å². The largest absolute Gasteiger partial charge is 0.464 e. The van der Waals surface area contributed by atoms with Gasteiger partial charge in [-0.1, -0.05) is 0 Å². The van der Waals surface area contributed by atoms with Crippen LogP contribution in [0.25, 0.3) is 11.0 Å². The first-order valence-electron chi connectivity index (χ1n) is 3.66. The summed E-state index contributed by atoms with van der Waals surface area (Å²) in [4.78, 5) is 11.1. The van der Waals surface area contributed by atoms with Gasteiger partial charge in [-0.05, 0) is 0 Å². The third-order valence-electron chi connectivity index (χ3n) is 1.79. The molecule has 0 unspecified atom stereocenters. The molecule has 0 saturated carbocycles. The Balaban J connectivity index is 3.07. The highest BCUT2D eigenvalue weighted by atomic mass is 19.2. The van der Waals surface area contributed by atoms with Crippen molar-refractivity contribution in [1.29, 1.82) is 0 Å². The molecule has 0 atom stereocenters. The van der Waals surface area contributed by atoms with Gasteiger partial charge in [-0.25, -0.2) is 13.2 Å². The van der Waals surface area contributed by atoms with Gasteiger partial charge in [-0.3, -0.25) is 4.79 Å². The zero-order valence-corrected chi connectivity index (χ0v) is 6.68. The van der Waals surface area contributed by atoms with Crippen LogP contribution in [0, 0.1) is 17.5 Å². The number of hydrogen-bond donors (Lipinski definition) is 0. The zero-order chi connectivity index (χ0) is 10.3. The van der Waals surface area contributed by atoms with Crippen LogP contribution in [0.1, 0.15) is 0 Å². The molecular weight excluding hydrogens is 197 g/mol. The highest BCUT2D eigenvalue weighted by molar-refractivity contribution is 5.76. The second kappa shape index (κ2) is 2.87. The fourth-order valence-corrected chi connectivity index (χ4v) is 1.15. The lowest BCUT2D eigenvalue weighted by atomic mass is 10.2. The van der Waals surface area contributed by atoms with Gasteiger partial charge in [0.1, 0.15) is 11.0 Å². The summed E-state index contributed by atoms with van der Waals surface area (Å²) >= 11 is 0. The Morgan fingerprint density at radius 1 is 1.14 bits per heavy atom. The lowest BCUT2D eigenvalue weighted by Gasteiger charge is -1.99. The van der Waals surface area contributed by atoms with Gasteiger partial charge < -0.3 is 4.42 Å². The number of halogens is 3. The van der Waals surface area contributed by atoms with Crippen LogP contribution in [0.3, 0.4) is 0 Å². The van der Waals surface area contributed by atoms with Gasteiger partial charge in [0.15, 0.2) is 22.9 Å². The molecule has 1 aromatic carbocycles. The predicted octanol–water partition coefficient (Wildman–Crippen LogP) is 2.21. The standard InChI is InChI=1S/C9H3F3O2/c10-4-3-6-7(9(12)8(4)11)5(13)1-2-14-6/h1-3H. The molecule has 0 aliphatic carbocycles. The van der Waals surface area contributed by atoms with Gasteiger partial charge in [0.2, 0.25) is 0 Å². The first kappa shape index (κ1) is 8.80. The van der Waals surface area contributed by atoms with Gasteiger partial charge >= 0.3 is 0 Å². The van der Waals surface area contributed by atoms with Crippen molar-refractivity contribution in [1.82, 2.24) is 0 Å². The summed E-state index contributed by atoms with van der Waals surface area (Å²) in [5.41, 5.74) is -1.06. The number of hydrogen-bond acceptors (Lipinski definition) is 2. The maximum Gasteiger partial charge on any atom is 0.195 e. The summed E-state index contributed by atoms with van der Waals surface area (Å²) in [6.45, 7) is 0. The molecule has 0 aliphatic heterocycles. The summed E-state index contributed by atoms with van der Waals surface area (Å²) in [5, 5.41) is -0.577. The first-order chi connectivity index (χ1) is 6.61. The Hall–Kier alpha value is -1.78. The van der Waals surface area contributed by atoms with Crippen molar-refractivity contribution < 1.29 is 17.6 Å². The Morgan fingerprint density at radius 2 is 1.86 bits per heavy atom. The minimum atomic E-state index is -1.67. The Bertz CT molecular complexity index is 560. The highest BCUT2D eigenvalue weighted by Crippen LogP contribution is 2.19. The van der Waals surface area contributed by atoms with Gasteiger partial charge in [0, 0.05) is 12.1 Å². The first-order valence-corrected chi connectivity index (χ1v) is 3.66.